The van der Waals surface area contributed by atoms with E-state index in [4.69, 9.17) is 37.0 Å². The number of hydrogen-bond acceptors (Lipinski definition) is 15. The molecule has 0 aliphatic carbocycles. The molecule has 85 heavy (non-hydrogen) atoms. The van der Waals surface area contributed by atoms with E-state index in [1.165, 1.54) is 109 Å². The van der Waals surface area contributed by atoms with Crippen molar-refractivity contribution < 1.29 is 80.2 Å². The summed E-state index contributed by atoms with van der Waals surface area (Å²) in [5, 5.41) is 10.5. The number of phosphoric ester groups is 2. The highest BCUT2D eigenvalue weighted by Gasteiger charge is 2.30. The minimum absolute atomic E-state index is 0.100. The molecule has 0 saturated heterocycles. The van der Waals surface area contributed by atoms with Gasteiger partial charge in [0.05, 0.1) is 26.4 Å². The van der Waals surface area contributed by atoms with Crippen LogP contribution in [0.4, 0.5) is 0 Å². The molecule has 0 aromatic carbocycles. The van der Waals surface area contributed by atoms with Crippen LogP contribution in [0.1, 0.15) is 311 Å². The van der Waals surface area contributed by atoms with Gasteiger partial charge in [-0.3, -0.25) is 37.3 Å². The van der Waals surface area contributed by atoms with Crippen LogP contribution in [0.2, 0.25) is 0 Å². The SMILES string of the molecule is CCCCCC/C=C\C=C/CCCCCCCC(=O)OC[C@H](COP(=O)(O)OC[C@@H](O)COP(=O)(O)OC[C@@H](COC(=O)CCCCCCC)OC(=O)CCCCCCCCCCC)OC(=O)CCCCCCCCCCCCCCCC(C)C. The maximum absolute atomic E-state index is 13.0. The second kappa shape index (κ2) is 59.2. The molecule has 0 aromatic rings. The number of allylic oxidation sites excluding steroid dienone is 4. The molecule has 0 heterocycles. The van der Waals surface area contributed by atoms with Gasteiger partial charge < -0.3 is 33.8 Å². The van der Waals surface area contributed by atoms with Crippen molar-refractivity contribution in [1.29, 1.82) is 0 Å². The molecule has 0 aliphatic rings. The number of unbranched alkanes of at least 4 members (excludes halogenated alkanes) is 33. The van der Waals surface area contributed by atoms with E-state index < -0.39 is 97.5 Å². The van der Waals surface area contributed by atoms with Gasteiger partial charge in [-0.2, -0.15) is 0 Å². The summed E-state index contributed by atoms with van der Waals surface area (Å²) < 4.78 is 67.8. The summed E-state index contributed by atoms with van der Waals surface area (Å²) in [5.41, 5.74) is 0. The number of phosphoric acid groups is 2. The summed E-state index contributed by atoms with van der Waals surface area (Å²) in [5.74, 6) is -1.39. The fraction of sp³-hybridized carbons (Fsp3) is 0.879. The third kappa shape index (κ3) is 60.2. The first-order valence-corrected chi connectivity index (χ1v) is 36.9. The number of ether oxygens (including phenoxy) is 4. The second-order valence-electron chi connectivity index (χ2n) is 23.6. The molecular formula is C66H124O17P2. The van der Waals surface area contributed by atoms with Crippen molar-refractivity contribution in [3.8, 4) is 0 Å². The zero-order chi connectivity index (χ0) is 62.8. The number of aliphatic hydroxyl groups is 1. The average Bonchev–Trinajstić information content (AvgIpc) is 3.51. The van der Waals surface area contributed by atoms with E-state index in [-0.39, 0.29) is 25.7 Å². The van der Waals surface area contributed by atoms with Crippen molar-refractivity contribution in [2.24, 2.45) is 5.92 Å². The van der Waals surface area contributed by atoms with Gasteiger partial charge in [0.1, 0.15) is 19.3 Å². The van der Waals surface area contributed by atoms with Crippen LogP contribution in [0.15, 0.2) is 24.3 Å². The fourth-order valence-electron chi connectivity index (χ4n) is 9.40. The molecule has 17 nitrogen and oxygen atoms in total. The lowest BCUT2D eigenvalue weighted by atomic mass is 10.0. The molecule has 0 aromatic heterocycles. The number of rotatable bonds is 64. The Morgan fingerprint density at radius 1 is 0.365 bits per heavy atom. The third-order valence-corrected chi connectivity index (χ3v) is 16.6. The van der Waals surface area contributed by atoms with Gasteiger partial charge in [-0.1, -0.05) is 258 Å². The zero-order valence-electron chi connectivity index (χ0n) is 54.2. The molecule has 19 heteroatoms. The maximum atomic E-state index is 13.0. The van der Waals surface area contributed by atoms with Gasteiger partial charge in [0, 0.05) is 25.7 Å². The van der Waals surface area contributed by atoms with Gasteiger partial charge in [-0.25, -0.2) is 9.13 Å². The normalized spacial score (nSPS) is 14.4. The van der Waals surface area contributed by atoms with Crippen LogP contribution in [-0.2, 0) is 65.4 Å². The molecule has 3 N–H and O–H groups in total. The Hall–Kier alpha value is -2.46. The fourth-order valence-corrected chi connectivity index (χ4v) is 11.0. The Morgan fingerprint density at radius 3 is 0.965 bits per heavy atom. The zero-order valence-corrected chi connectivity index (χ0v) is 56.0. The molecule has 500 valence electrons. The standard InChI is InChI=1S/C66H124O17P2/c1-6-9-12-15-17-19-20-21-22-25-28-32-35-40-45-50-64(69)77-56-62(83-66(71)52-47-42-37-33-29-26-23-24-27-31-34-39-43-48-59(4)5)58-81-85(74,75)79-54-60(67)53-78-84(72,73)80-57-61(55-76-63(68)49-44-38-14-11-8-3)82-65(70)51-46-41-36-30-18-16-13-10-7-2/h19-22,59-62,67H,6-18,23-58H2,1-5H3,(H,72,73)(H,74,75)/b20-19-,22-21-/t60-,61+,62+/m0/s1. The van der Waals surface area contributed by atoms with E-state index in [0.717, 1.165) is 121 Å². The van der Waals surface area contributed by atoms with Crippen LogP contribution in [0.3, 0.4) is 0 Å². The van der Waals surface area contributed by atoms with E-state index in [9.17, 15) is 43.2 Å². The lowest BCUT2D eigenvalue weighted by molar-refractivity contribution is -0.161. The van der Waals surface area contributed by atoms with Gasteiger partial charge in [0.15, 0.2) is 12.2 Å². The third-order valence-electron chi connectivity index (χ3n) is 14.7. The Balaban J connectivity index is 5.20. The van der Waals surface area contributed by atoms with Gasteiger partial charge >= 0.3 is 39.5 Å². The monoisotopic (exact) mass is 1250 g/mol. The Kier molecular flexibility index (Phi) is 57.5. The molecule has 0 bridgehead atoms. The summed E-state index contributed by atoms with van der Waals surface area (Å²) in [7, 11) is -9.89. The van der Waals surface area contributed by atoms with Crippen LogP contribution in [0.5, 0.6) is 0 Å². The number of hydrogen-bond donors (Lipinski definition) is 3. The summed E-state index contributed by atoms with van der Waals surface area (Å²) >= 11 is 0. The van der Waals surface area contributed by atoms with Crippen molar-refractivity contribution in [1.82, 2.24) is 0 Å². The van der Waals surface area contributed by atoms with Gasteiger partial charge in [0.25, 0.3) is 0 Å². The number of carbonyl (C=O) groups excluding carboxylic acids is 4. The smallest absolute Gasteiger partial charge is 0.462 e. The predicted octanol–water partition coefficient (Wildman–Crippen LogP) is 18.1. The number of aliphatic hydroxyl groups excluding tert-OH is 1. The molecule has 0 radical (unpaired) electrons. The minimum atomic E-state index is -4.95. The van der Waals surface area contributed by atoms with Gasteiger partial charge in [-0.15, -0.1) is 0 Å². The Morgan fingerprint density at radius 2 is 0.635 bits per heavy atom. The molecule has 2 unspecified atom stereocenters. The number of carbonyl (C=O) groups is 4. The molecule has 0 amide bonds. The molecule has 0 spiro atoms. The molecule has 0 rings (SSSR count). The molecular weight excluding hydrogens is 1130 g/mol. The van der Waals surface area contributed by atoms with Crippen molar-refractivity contribution in [2.45, 2.75) is 329 Å². The van der Waals surface area contributed by atoms with E-state index in [1.54, 1.807) is 0 Å². The Labute approximate surface area is 516 Å². The summed E-state index contributed by atoms with van der Waals surface area (Å²) in [6.07, 6.45) is 47.0. The molecule has 5 atom stereocenters. The average molecular weight is 1250 g/mol. The van der Waals surface area contributed by atoms with Crippen molar-refractivity contribution >= 4 is 39.5 Å². The second-order valence-corrected chi connectivity index (χ2v) is 26.6. The largest absolute Gasteiger partial charge is 0.472 e. The highest BCUT2D eigenvalue weighted by Crippen LogP contribution is 2.45. The molecule has 0 saturated carbocycles. The van der Waals surface area contributed by atoms with E-state index in [0.29, 0.717) is 25.7 Å². The maximum Gasteiger partial charge on any atom is 0.472 e. The lowest BCUT2D eigenvalue weighted by Crippen LogP contribution is -2.30. The first-order chi connectivity index (χ1) is 41.0. The van der Waals surface area contributed by atoms with Gasteiger partial charge in [0.2, 0.25) is 0 Å². The van der Waals surface area contributed by atoms with E-state index in [2.05, 4.69) is 58.9 Å². The van der Waals surface area contributed by atoms with Crippen LogP contribution >= 0.6 is 15.6 Å². The van der Waals surface area contributed by atoms with E-state index >= 15 is 0 Å². The summed E-state index contributed by atoms with van der Waals surface area (Å²) in [6.45, 7) is 7.05. The summed E-state index contributed by atoms with van der Waals surface area (Å²) in [6, 6.07) is 0. The van der Waals surface area contributed by atoms with E-state index in [1.807, 2.05) is 0 Å². The van der Waals surface area contributed by atoms with Crippen molar-refractivity contribution in [3.05, 3.63) is 24.3 Å². The highest BCUT2D eigenvalue weighted by atomic mass is 31.2. The van der Waals surface area contributed by atoms with Crippen LogP contribution in [0.25, 0.3) is 0 Å². The quantitative estimate of drug-likeness (QED) is 0.0169. The lowest BCUT2D eigenvalue weighted by Gasteiger charge is -2.21. The highest BCUT2D eigenvalue weighted by molar-refractivity contribution is 7.47. The first-order valence-electron chi connectivity index (χ1n) is 34.0. The first kappa shape index (κ1) is 82.5. The Bertz CT molecular complexity index is 1740. The van der Waals surface area contributed by atoms with Crippen LogP contribution in [-0.4, -0.2) is 96.7 Å². The van der Waals surface area contributed by atoms with Crippen LogP contribution < -0.4 is 0 Å². The molecule has 0 aliphatic heterocycles. The predicted molar refractivity (Wildman–Crippen MR) is 340 cm³/mol. The topological polar surface area (TPSA) is 237 Å². The minimum Gasteiger partial charge on any atom is -0.462 e. The number of esters is 4. The van der Waals surface area contributed by atoms with Crippen molar-refractivity contribution in [3.63, 3.8) is 0 Å². The van der Waals surface area contributed by atoms with Crippen molar-refractivity contribution in [2.75, 3.05) is 39.6 Å². The molecule has 0 fully saturated rings. The van der Waals surface area contributed by atoms with Gasteiger partial charge in [-0.05, 0) is 57.3 Å². The summed E-state index contributed by atoms with van der Waals surface area (Å²) in [4.78, 5) is 72.0. The van der Waals surface area contributed by atoms with Crippen LogP contribution in [0, 0.1) is 5.92 Å².